The van der Waals surface area contributed by atoms with Gasteiger partial charge in [0.05, 0.1) is 12.2 Å². The van der Waals surface area contributed by atoms with Crippen LogP contribution >= 0.6 is 0 Å². The van der Waals surface area contributed by atoms with Crippen molar-refractivity contribution in [3.05, 3.63) is 24.2 Å². The van der Waals surface area contributed by atoms with E-state index in [4.69, 9.17) is 9.52 Å². The van der Waals surface area contributed by atoms with E-state index in [2.05, 4.69) is 10.6 Å². The van der Waals surface area contributed by atoms with Crippen molar-refractivity contribution in [2.24, 2.45) is 5.92 Å². The van der Waals surface area contributed by atoms with Crippen molar-refractivity contribution >= 4 is 17.8 Å². The minimum atomic E-state index is -0.828. The van der Waals surface area contributed by atoms with Gasteiger partial charge >= 0.3 is 5.97 Å². The lowest BCUT2D eigenvalue weighted by Gasteiger charge is -2.17. The van der Waals surface area contributed by atoms with Crippen LogP contribution in [0.15, 0.2) is 22.8 Å². The second-order valence-electron chi connectivity index (χ2n) is 5.23. The lowest BCUT2D eigenvalue weighted by atomic mass is 10.1. The molecule has 0 bridgehead atoms. The molecule has 7 heteroatoms. The van der Waals surface area contributed by atoms with Crippen molar-refractivity contribution in [3.8, 4) is 0 Å². The van der Waals surface area contributed by atoms with Crippen molar-refractivity contribution in [1.29, 1.82) is 0 Å². The van der Waals surface area contributed by atoms with Crippen LogP contribution in [0.25, 0.3) is 0 Å². The zero-order valence-electron chi connectivity index (χ0n) is 11.7. The fraction of sp³-hybridized carbons (Fsp3) is 0.500. The molecular weight excluding hydrogens is 276 g/mol. The third-order valence-corrected chi connectivity index (χ3v) is 3.61. The molecule has 0 aliphatic heterocycles. The van der Waals surface area contributed by atoms with E-state index in [1.54, 1.807) is 13.0 Å². The molecule has 2 amide bonds. The number of rotatable bonds is 5. The largest absolute Gasteiger partial charge is 0.481 e. The van der Waals surface area contributed by atoms with E-state index in [9.17, 15) is 14.4 Å². The predicted molar refractivity (Wildman–Crippen MR) is 72.5 cm³/mol. The standard InChI is InChI=1S/C14H18N2O5/c1-8(15-13(18)11-3-2-6-21-11)12(17)16-10-5-4-9(7-10)14(19)20/h2-3,6,8-10H,4-5,7H2,1H3,(H,15,18)(H,16,17)(H,19,20)/t8?,9-,10+/m1/s1. The van der Waals surface area contributed by atoms with Crippen molar-refractivity contribution < 1.29 is 23.9 Å². The summed E-state index contributed by atoms with van der Waals surface area (Å²) in [5, 5.41) is 14.2. The molecule has 1 saturated carbocycles. The van der Waals surface area contributed by atoms with Gasteiger partial charge in [0.1, 0.15) is 6.04 Å². The van der Waals surface area contributed by atoms with Crippen molar-refractivity contribution in [1.82, 2.24) is 10.6 Å². The van der Waals surface area contributed by atoms with E-state index in [1.165, 1.54) is 12.3 Å². The maximum Gasteiger partial charge on any atom is 0.306 e. The summed E-state index contributed by atoms with van der Waals surface area (Å²) in [5.74, 6) is -1.88. The third-order valence-electron chi connectivity index (χ3n) is 3.61. The number of carboxylic acids is 1. The Labute approximate surface area is 121 Å². The van der Waals surface area contributed by atoms with Crippen molar-refractivity contribution in [3.63, 3.8) is 0 Å². The number of hydrogen-bond donors (Lipinski definition) is 3. The molecule has 0 saturated heterocycles. The number of furan rings is 1. The highest BCUT2D eigenvalue weighted by molar-refractivity contribution is 5.95. The second kappa shape index (κ2) is 6.43. The Bertz CT molecular complexity index is 525. The Kier molecular flexibility index (Phi) is 4.62. The summed E-state index contributed by atoms with van der Waals surface area (Å²) in [6.45, 7) is 1.57. The minimum absolute atomic E-state index is 0.140. The molecule has 114 valence electrons. The molecule has 1 aromatic rings. The lowest BCUT2D eigenvalue weighted by molar-refractivity contribution is -0.141. The van der Waals surface area contributed by atoms with E-state index in [0.29, 0.717) is 19.3 Å². The van der Waals surface area contributed by atoms with Crippen LogP contribution in [-0.2, 0) is 9.59 Å². The highest BCUT2D eigenvalue weighted by Gasteiger charge is 2.31. The van der Waals surface area contributed by atoms with Crippen LogP contribution in [0.1, 0.15) is 36.7 Å². The Morgan fingerprint density at radius 2 is 2.14 bits per heavy atom. The fourth-order valence-corrected chi connectivity index (χ4v) is 2.40. The van der Waals surface area contributed by atoms with Crippen LogP contribution in [0.5, 0.6) is 0 Å². The monoisotopic (exact) mass is 294 g/mol. The number of carbonyl (C=O) groups is 3. The summed E-state index contributed by atoms with van der Waals surface area (Å²) >= 11 is 0. The third kappa shape index (κ3) is 3.84. The van der Waals surface area contributed by atoms with E-state index in [1.807, 2.05) is 0 Å². The first-order valence-electron chi connectivity index (χ1n) is 6.85. The van der Waals surface area contributed by atoms with Gasteiger partial charge in [0.15, 0.2) is 5.76 Å². The smallest absolute Gasteiger partial charge is 0.306 e. The van der Waals surface area contributed by atoms with Crippen LogP contribution in [-0.4, -0.2) is 35.0 Å². The molecule has 3 atom stereocenters. The molecule has 1 aromatic heterocycles. The molecule has 21 heavy (non-hydrogen) atoms. The first-order chi connectivity index (χ1) is 9.97. The van der Waals surface area contributed by atoms with Crippen LogP contribution in [0, 0.1) is 5.92 Å². The maximum absolute atomic E-state index is 12.0. The highest BCUT2D eigenvalue weighted by Crippen LogP contribution is 2.25. The quantitative estimate of drug-likeness (QED) is 0.743. The second-order valence-corrected chi connectivity index (χ2v) is 5.23. The van der Waals surface area contributed by atoms with Gasteiger partial charge in [-0.05, 0) is 38.3 Å². The van der Waals surface area contributed by atoms with Crippen molar-refractivity contribution in [2.45, 2.75) is 38.3 Å². The summed E-state index contributed by atoms with van der Waals surface area (Å²) in [5.41, 5.74) is 0. The minimum Gasteiger partial charge on any atom is -0.481 e. The summed E-state index contributed by atoms with van der Waals surface area (Å²) < 4.78 is 4.94. The zero-order valence-corrected chi connectivity index (χ0v) is 11.7. The molecule has 1 aliphatic rings. The van der Waals surface area contributed by atoms with Gasteiger partial charge in [-0.3, -0.25) is 14.4 Å². The van der Waals surface area contributed by atoms with Gasteiger partial charge in [-0.1, -0.05) is 0 Å². The number of carboxylic acid groups (broad SMARTS) is 1. The van der Waals surface area contributed by atoms with Crippen molar-refractivity contribution in [2.75, 3.05) is 0 Å². The summed E-state index contributed by atoms with van der Waals surface area (Å²) in [7, 11) is 0. The lowest BCUT2D eigenvalue weighted by Crippen LogP contribution is -2.47. The zero-order chi connectivity index (χ0) is 15.4. The normalized spacial score (nSPS) is 22.5. The molecular formula is C14H18N2O5. The summed E-state index contributed by atoms with van der Waals surface area (Å²) in [6, 6.07) is 2.23. The molecule has 3 N–H and O–H groups in total. The van der Waals surface area contributed by atoms with Gasteiger partial charge in [0, 0.05) is 6.04 Å². The molecule has 1 unspecified atom stereocenters. The predicted octanol–water partition coefficient (Wildman–Crippen LogP) is 0.767. The van der Waals surface area contributed by atoms with Gasteiger partial charge in [0.2, 0.25) is 5.91 Å². The van der Waals surface area contributed by atoms with Gasteiger partial charge in [-0.2, -0.15) is 0 Å². The van der Waals surface area contributed by atoms with E-state index < -0.39 is 23.8 Å². The highest BCUT2D eigenvalue weighted by atomic mass is 16.4. The fourth-order valence-electron chi connectivity index (χ4n) is 2.40. The molecule has 2 rings (SSSR count). The number of carbonyl (C=O) groups excluding carboxylic acids is 2. The van der Waals surface area contributed by atoms with E-state index in [-0.39, 0.29) is 17.7 Å². The number of aliphatic carboxylic acids is 1. The average molecular weight is 294 g/mol. The molecule has 0 radical (unpaired) electrons. The summed E-state index contributed by atoms with van der Waals surface area (Å²) in [6.07, 6.45) is 3.01. The van der Waals surface area contributed by atoms with Crippen LogP contribution < -0.4 is 10.6 Å². The number of nitrogens with one attached hydrogen (secondary N) is 2. The molecule has 0 aromatic carbocycles. The Hall–Kier alpha value is -2.31. The van der Waals surface area contributed by atoms with E-state index in [0.717, 1.165) is 0 Å². The van der Waals surface area contributed by atoms with Crippen LogP contribution in [0.2, 0.25) is 0 Å². The first kappa shape index (κ1) is 15.1. The SMILES string of the molecule is CC(NC(=O)c1ccco1)C(=O)N[C@H]1CC[C@@H](C(=O)O)C1. The number of amides is 2. The van der Waals surface area contributed by atoms with Crippen LogP contribution in [0.3, 0.4) is 0 Å². The van der Waals surface area contributed by atoms with Gasteiger partial charge in [-0.25, -0.2) is 0 Å². The van der Waals surface area contributed by atoms with Gasteiger partial charge < -0.3 is 20.2 Å². The maximum atomic E-state index is 12.0. The first-order valence-corrected chi connectivity index (χ1v) is 6.85. The number of hydrogen-bond acceptors (Lipinski definition) is 4. The van der Waals surface area contributed by atoms with Gasteiger partial charge in [0.25, 0.3) is 5.91 Å². The average Bonchev–Trinajstić information content (AvgIpc) is 3.09. The molecule has 0 spiro atoms. The van der Waals surface area contributed by atoms with Crippen LogP contribution in [0.4, 0.5) is 0 Å². The Morgan fingerprint density at radius 3 is 2.71 bits per heavy atom. The molecule has 1 heterocycles. The van der Waals surface area contributed by atoms with Gasteiger partial charge in [-0.15, -0.1) is 0 Å². The molecule has 7 nitrogen and oxygen atoms in total. The summed E-state index contributed by atoms with van der Waals surface area (Å²) in [4.78, 5) is 34.6. The Morgan fingerprint density at radius 1 is 1.38 bits per heavy atom. The Balaban J connectivity index is 1.80. The topological polar surface area (TPSA) is 109 Å². The molecule has 1 aliphatic carbocycles. The molecule has 1 fully saturated rings. The van der Waals surface area contributed by atoms with E-state index >= 15 is 0 Å².